The van der Waals surface area contributed by atoms with Crippen molar-refractivity contribution in [2.45, 2.75) is 58.2 Å². The van der Waals surface area contributed by atoms with Gasteiger partial charge < -0.3 is 4.74 Å². The van der Waals surface area contributed by atoms with E-state index < -0.39 is 5.60 Å². The number of amides is 1. The zero-order valence-corrected chi connectivity index (χ0v) is 11.3. The Bertz CT molecular complexity index is 315. The van der Waals surface area contributed by atoms with Crippen LogP contribution in [0.2, 0.25) is 0 Å². The molecule has 96 valence electrons. The Morgan fingerprint density at radius 1 is 1.59 bits per heavy atom. The largest absolute Gasteiger partial charge is 0.444 e. The van der Waals surface area contributed by atoms with Gasteiger partial charge in [0, 0.05) is 6.04 Å². The Morgan fingerprint density at radius 3 is 2.76 bits per heavy atom. The van der Waals surface area contributed by atoms with E-state index in [-0.39, 0.29) is 18.2 Å². The molecular formula is C14H23NO2. The minimum absolute atomic E-state index is 0.0866. The average molecular weight is 237 g/mol. The Balaban J connectivity index is 2.79. The van der Waals surface area contributed by atoms with Crippen LogP contribution in [0.25, 0.3) is 0 Å². The van der Waals surface area contributed by atoms with Crippen molar-refractivity contribution in [1.82, 2.24) is 4.90 Å². The molecule has 1 aliphatic rings. The van der Waals surface area contributed by atoms with Crippen molar-refractivity contribution in [1.29, 1.82) is 0 Å². The number of carbonyl (C=O) groups excluding carboxylic acids is 1. The van der Waals surface area contributed by atoms with Crippen LogP contribution in [0.1, 0.15) is 40.5 Å². The van der Waals surface area contributed by atoms with Gasteiger partial charge in [0.15, 0.2) is 0 Å². The highest BCUT2D eigenvalue weighted by atomic mass is 16.6. The van der Waals surface area contributed by atoms with Gasteiger partial charge in [-0.05, 0) is 40.5 Å². The van der Waals surface area contributed by atoms with E-state index in [2.05, 4.69) is 12.7 Å². The van der Waals surface area contributed by atoms with E-state index in [1.165, 1.54) is 0 Å². The van der Waals surface area contributed by atoms with Crippen molar-refractivity contribution in [3.63, 3.8) is 0 Å². The third-order valence-corrected chi connectivity index (χ3v) is 2.70. The van der Waals surface area contributed by atoms with E-state index >= 15 is 0 Å². The maximum atomic E-state index is 12.1. The average Bonchev–Trinajstić information content (AvgIpc) is 2.15. The summed E-state index contributed by atoms with van der Waals surface area (Å²) in [6.07, 6.45) is 7.46. The standard InChI is InChI=1S/C14H23NO2/c1-6-8-12-10-7-9-11(2)15(12)13(16)17-14(3,4)5/h6-7,9,11-12H,1,8,10H2,2-5H3/t11-,12-/m0/s1. The Kier molecular flexibility index (Phi) is 4.38. The molecule has 0 saturated carbocycles. The summed E-state index contributed by atoms with van der Waals surface area (Å²) in [5, 5.41) is 0. The van der Waals surface area contributed by atoms with Crippen LogP contribution in [0.5, 0.6) is 0 Å². The number of ether oxygens (including phenoxy) is 1. The van der Waals surface area contributed by atoms with E-state index in [0.29, 0.717) is 0 Å². The fraction of sp³-hybridized carbons (Fsp3) is 0.643. The fourth-order valence-corrected chi connectivity index (χ4v) is 2.00. The first-order chi connectivity index (χ1) is 7.85. The van der Waals surface area contributed by atoms with E-state index in [4.69, 9.17) is 4.74 Å². The van der Waals surface area contributed by atoms with Crippen molar-refractivity contribution in [2.24, 2.45) is 0 Å². The van der Waals surface area contributed by atoms with Crippen LogP contribution >= 0.6 is 0 Å². The van der Waals surface area contributed by atoms with Crippen LogP contribution in [-0.4, -0.2) is 28.7 Å². The monoisotopic (exact) mass is 237 g/mol. The molecule has 0 radical (unpaired) electrons. The normalized spacial score (nSPS) is 24.6. The van der Waals surface area contributed by atoms with E-state index in [0.717, 1.165) is 12.8 Å². The van der Waals surface area contributed by atoms with Crippen LogP contribution in [0.4, 0.5) is 4.79 Å². The minimum atomic E-state index is -0.448. The summed E-state index contributed by atoms with van der Waals surface area (Å²) in [6.45, 7) is 11.4. The van der Waals surface area contributed by atoms with Gasteiger partial charge in [-0.3, -0.25) is 4.90 Å². The molecule has 3 nitrogen and oxygen atoms in total. The highest BCUT2D eigenvalue weighted by molar-refractivity contribution is 5.69. The Hall–Kier alpha value is -1.25. The highest BCUT2D eigenvalue weighted by Gasteiger charge is 2.31. The lowest BCUT2D eigenvalue weighted by Gasteiger charge is -2.38. The SMILES string of the molecule is C=CC[C@H]1CC=C[C@H](C)N1C(=O)OC(C)(C)C. The first-order valence-corrected chi connectivity index (χ1v) is 6.14. The molecule has 1 rings (SSSR count). The van der Waals surface area contributed by atoms with Gasteiger partial charge >= 0.3 is 6.09 Å². The molecule has 0 N–H and O–H groups in total. The van der Waals surface area contributed by atoms with Gasteiger partial charge in [-0.1, -0.05) is 18.2 Å². The highest BCUT2D eigenvalue weighted by Crippen LogP contribution is 2.23. The van der Waals surface area contributed by atoms with Gasteiger partial charge in [-0.2, -0.15) is 0 Å². The molecule has 17 heavy (non-hydrogen) atoms. The van der Waals surface area contributed by atoms with Crippen molar-refractivity contribution < 1.29 is 9.53 Å². The van der Waals surface area contributed by atoms with Crippen LogP contribution in [0.3, 0.4) is 0 Å². The second-order valence-electron chi connectivity index (χ2n) is 5.47. The molecule has 3 heteroatoms. The molecule has 0 aromatic heterocycles. The second kappa shape index (κ2) is 5.39. The summed E-state index contributed by atoms with van der Waals surface area (Å²) >= 11 is 0. The lowest BCUT2D eigenvalue weighted by molar-refractivity contribution is 0.0101. The van der Waals surface area contributed by atoms with Gasteiger partial charge in [0.25, 0.3) is 0 Å². The van der Waals surface area contributed by atoms with E-state index in [1.807, 2.05) is 44.7 Å². The van der Waals surface area contributed by atoms with Gasteiger partial charge in [0.2, 0.25) is 0 Å². The predicted octanol–water partition coefficient (Wildman–Crippen LogP) is 3.52. The molecule has 1 aliphatic heterocycles. The number of rotatable bonds is 2. The first-order valence-electron chi connectivity index (χ1n) is 6.14. The van der Waals surface area contributed by atoms with Crippen LogP contribution in [0.15, 0.2) is 24.8 Å². The zero-order valence-electron chi connectivity index (χ0n) is 11.3. The van der Waals surface area contributed by atoms with Crippen LogP contribution in [0, 0.1) is 0 Å². The Labute approximate surface area is 104 Å². The summed E-state index contributed by atoms with van der Waals surface area (Å²) in [5.74, 6) is 0. The fourth-order valence-electron chi connectivity index (χ4n) is 2.00. The first kappa shape index (κ1) is 13.8. The van der Waals surface area contributed by atoms with Crippen LogP contribution in [-0.2, 0) is 4.74 Å². The van der Waals surface area contributed by atoms with Crippen LogP contribution < -0.4 is 0 Å². The zero-order chi connectivity index (χ0) is 13.1. The molecule has 0 unspecified atom stereocenters. The molecule has 0 aromatic carbocycles. The predicted molar refractivity (Wildman–Crippen MR) is 69.9 cm³/mol. The molecule has 1 amide bonds. The maximum absolute atomic E-state index is 12.1. The van der Waals surface area contributed by atoms with Crippen molar-refractivity contribution >= 4 is 6.09 Å². The third kappa shape index (κ3) is 3.91. The smallest absolute Gasteiger partial charge is 0.411 e. The Morgan fingerprint density at radius 2 is 2.24 bits per heavy atom. The molecule has 0 bridgehead atoms. The lowest BCUT2D eigenvalue weighted by atomic mass is 10.0. The second-order valence-corrected chi connectivity index (χ2v) is 5.47. The summed E-state index contributed by atoms with van der Waals surface area (Å²) in [4.78, 5) is 14.0. The van der Waals surface area contributed by atoms with Crippen molar-refractivity contribution in [2.75, 3.05) is 0 Å². The van der Waals surface area contributed by atoms with E-state index in [1.54, 1.807) is 0 Å². The molecule has 2 atom stereocenters. The number of nitrogens with zero attached hydrogens (tertiary/aromatic N) is 1. The minimum Gasteiger partial charge on any atom is -0.444 e. The lowest BCUT2D eigenvalue weighted by Crippen LogP contribution is -2.48. The number of carbonyl (C=O) groups is 1. The van der Waals surface area contributed by atoms with Gasteiger partial charge in [-0.25, -0.2) is 4.79 Å². The number of hydrogen-bond acceptors (Lipinski definition) is 2. The summed E-state index contributed by atoms with van der Waals surface area (Å²) in [5.41, 5.74) is -0.448. The molecule has 0 saturated heterocycles. The molecule has 0 aliphatic carbocycles. The van der Waals surface area contributed by atoms with Crippen molar-refractivity contribution in [3.8, 4) is 0 Å². The van der Waals surface area contributed by atoms with Gasteiger partial charge in [-0.15, -0.1) is 6.58 Å². The van der Waals surface area contributed by atoms with Gasteiger partial charge in [0.05, 0.1) is 6.04 Å². The summed E-state index contributed by atoms with van der Waals surface area (Å²) in [6, 6.07) is 0.255. The quantitative estimate of drug-likeness (QED) is 0.688. The summed E-state index contributed by atoms with van der Waals surface area (Å²) in [7, 11) is 0. The molecule has 0 spiro atoms. The molecular weight excluding hydrogens is 214 g/mol. The third-order valence-electron chi connectivity index (χ3n) is 2.70. The maximum Gasteiger partial charge on any atom is 0.411 e. The molecule has 1 heterocycles. The molecule has 0 fully saturated rings. The number of hydrogen-bond donors (Lipinski definition) is 0. The van der Waals surface area contributed by atoms with Gasteiger partial charge in [0.1, 0.15) is 5.60 Å². The topological polar surface area (TPSA) is 29.5 Å². The molecule has 0 aromatic rings. The van der Waals surface area contributed by atoms with E-state index in [9.17, 15) is 4.79 Å². The summed E-state index contributed by atoms with van der Waals surface area (Å²) < 4.78 is 5.44. The van der Waals surface area contributed by atoms with Crippen molar-refractivity contribution in [3.05, 3.63) is 24.8 Å².